The Bertz CT molecular complexity index is 689. The number of halogens is 2. The molecule has 0 spiro atoms. The van der Waals surface area contributed by atoms with E-state index in [1.165, 1.54) is 5.56 Å². The van der Waals surface area contributed by atoms with Crippen LogP contribution in [0.5, 0.6) is 0 Å². The normalized spacial score (nSPS) is 11.3. The van der Waals surface area contributed by atoms with Crippen molar-refractivity contribution < 1.29 is 4.79 Å². The molecular weight excluding hydrogens is 361 g/mol. The minimum Gasteiger partial charge on any atom is -0.350 e. The Labute approximate surface area is 157 Å². The van der Waals surface area contributed by atoms with Crippen molar-refractivity contribution in [2.75, 3.05) is 5.75 Å². The van der Waals surface area contributed by atoms with Crippen LogP contribution in [0.2, 0.25) is 10.0 Å². The maximum absolute atomic E-state index is 12.2. The molecule has 0 saturated carbocycles. The Hall–Kier alpha value is -1.16. The Kier molecular flexibility index (Phi) is 7.02. The van der Waals surface area contributed by atoms with Crippen molar-refractivity contribution in [3.8, 4) is 0 Å². The van der Waals surface area contributed by atoms with Gasteiger partial charge in [-0.15, -0.1) is 11.8 Å². The SMILES string of the molecule is CC(C)(Cc1ccccc1)NC(=O)CSCc1ccc(Cl)c(Cl)c1. The molecule has 0 aliphatic carbocycles. The first-order chi connectivity index (χ1) is 11.4. The topological polar surface area (TPSA) is 29.1 Å². The van der Waals surface area contributed by atoms with Gasteiger partial charge >= 0.3 is 0 Å². The predicted molar refractivity (Wildman–Crippen MR) is 105 cm³/mol. The minimum atomic E-state index is -0.275. The van der Waals surface area contributed by atoms with Crippen LogP contribution in [0.25, 0.3) is 0 Å². The van der Waals surface area contributed by atoms with E-state index < -0.39 is 0 Å². The molecule has 128 valence electrons. The number of nitrogens with one attached hydrogen (secondary N) is 1. The van der Waals surface area contributed by atoms with Crippen LogP contribution in [0.15, 0.2) is 48.5 Å². The number of thioether (sulfide) groups is 1. The smallest absolute Gasteiger partial charge is 0.230 e. The number of carbonyl (C=O) groups excluding carboxylic acids is 1. The number of hydrogen-bond acceptors (Lipinski definition) is 2. The summed E-state index contributed by atoms with van der Waals surface area (Å²) in [5, 5.41) is 4.20. The van der Waals surface area contributed by atoms with Gasteiger partial charge < -0.3 is 5.32 Å². The molecule has 24 heavy (non-hydrogen) atoms. The molecule has 2 aromatic carbocycles. The quantitative estimate of drug-likeness (QED) is 0.698. The molecule has 0 unspecified atom stereocenters. The van der Waals surface area contributed by atoms with Crippen molar-refractivity contribution in [2.24, 2.45) is 0 Å². The standard InChI is InChI=1S/C19H21Cl2NOS/c1-19(2,11-14-6-4-3-5-7-14)22-18(23)13-24-12-15-8-9-16(20)17(21)10-15/h3-10H,11-13H2,1-2H3,(H,22,23). The maximum atomic E-state index is 12.2. The molecule has 1 amide bonds. The Morgan fingerprint density at radius 3 is 2.42 bits per heavy atom. The number of rotatable bonds is 7. The van der Waals surface area contributed by atoms with Gasteiger partial charge in [-0.2, -0.15) is 0 Å². The van der Waals surface area contributed by atoms with E-state index in [9.17, 15) is 4.79 Å². The zero-order valence-corrected chi connectivity index (χ0v) is 16.1. The summed E-state index contributed by atoms with van der Waals surface area (Å²) in [5.41, 5.74) is 2.00. The van der Waals surface area contributed by atoms with Gasteiger partial charge in [0.2, 0.25) is 5.91 Å². The van der Waals surface area contributed by atoms with Gasteiger partial charge in [-0.05, 0) is 43.5 Å². The second-order valence-corrected chi connectivity index (χ2v) is 8.14. The highest BCUT2D eigenvalue weighted by molar-refractivity contribution is 7.99. The van der Waals surface area contributed by atoms with E-state index in [1.54, 1.807) is 17.8 Å². The average molecular weight is 382 g/mol. The summed E-state index contributed by atoms with van der Waals surface area (Å²) in [5.74, 6) is 1.18. The molecule has 0 bridgehead atoms. The summed E-state index contributed by atoms with van der Waals surface area (Å²) in [4.78, 5) is 12.2. The minimum absolute atomic E-state index is 0.0426. The van der Waals surface area contributed by atoms with Gasteiger partial charge in [0.1, 0.15) is 0 Å². The first-order valence-corrected chi connectivity index (χ1v) is 9.63. The largest absolute Gasteiger partial charge is 0.350 e. The number of benzene rings is 2. The van der Waals surface area contributed by atoms with E-state index in [4.69, 9.17) is 23.2 Å². The van der Waals surface area contributed by atoms with Crippen molar-refractivity contribution in [2.45, 2.75) is 31.6 Å². The van der Waals surface area contributed by atoms with Gasteiger partial charge in [-0.1, -0.05) is 59.6 Å². The summed E-state index contributed by atoms with van der Waals surface area (Å²) < 4.78 is 0. The molecule has 0 aromatic heterocycles. The molecule has 0 aliphatic heterocycles. The lowest BCUT2D eigenvalue weighted by atomic mass is 9.95. The molecule has 2 rings (SSSR count). The number of carbonyl (C=O) groups is 1. The van der Waals surface area contributed by atoms with Crippen molar-refractivity contribution in [1.82, 2.24) is 5.32 Å². The lowest BCUT2D eigenvalue weighted by Crippen LogP contribution is -2.45. The van der Waals surface area contributed by atoms with Crippen molar-refractivity contribution in [3.63, 3.8) is 0 Å². The molecule has 0 saturated heterocycles. The molecule has 0 fully saturated rings. The molecule has 0 aliphatic rings. The third-order valence-electron chi connectivity index (χ3n) is 3.45. The summed E-state index contributed by atoms with van der Waals surface area (Å²) in [6.45, 7) is 4.09. The Morgan fingerprint density at radius 1 is 1.04 bits per heavy atom. The van der Waals surface area contributed by atoms with Gasteiger partial charge in [0.15, 0.2) is 0 Å². The van der Waals surface area contributed by atoms with Crippen molar-refractivity contribution in [3.05, 3.63) is 69.7 Å². The molecule has 0 atom stereocenters. The first-order valence-electron chi connectivity index (χ1n) is 7.72. The maximum Gasteiger partial charge on any atom is 0.230 e. The van der Waals surface area contributed by atoms with E-state index in [2.05, 4.69) is 17.4 Å². The third kappa shape index (κ3) is 6.39. The van der Waals surface area contributed by atoms with E-state index in [1.807, 2.05) is 44.2 Å². The fourth-order valence-corrected chi connectivity index (χ4v) is 3.55. The molecule has 0 heterocycles. The second kappa shape index (κ2) is 8.80. The molecule has 5 heteroatoms. The number of amides is 1. The van der Waals surface area contributed by atoms with Crippen LogP contribution in [-0.2, 0) is 17.0 Å². The van der Waals surface area contributed by atoms with Gasteiger partial charge in [-0.3, -0.25) is 4.79 Å². The summed E-state index contributed by atoms with van der Waals surface area (Å²) in [6.07, 6.45) is 0.803. The average Bonchev–Trinajstić information content (AvgIpc) is 2.50. The van der Waals surface area contributed by atoms with Gasteiger partial charge in [0.25, 0.3) is 0 Å². The van der Waals surface area contributed by atoms with Crippen LogP contribution in [0.3, 0.4) is 0 Å². The van der Waals surface area contributed by atoms with Gasteiger partial charge in [0.05, 0.1) is 15.8 Å². The van der Waals surface area contributed by atoms with E-state index >= 15 is 0 Å². The summed E-state index contributed by atoms with van der Waals surface area (Å²) >= 11 is 13.5. The molecule has 2 aromatic rings. The zero-order valence-electron chi connectivity index (χ0n) is 13.8. The lowest BCUT2D eigenvalue weighted by Gasteiger charge is -2.26. The van der Waals surface area contributed by atoms with Crippen LogP contribution in [0.4, 0.5) is 0 Å². The monoisotopic (exact) mass is 381 g/mol. The molecule has 1 N–H and O–H groups in total. The fraction of sp³-hybridized carbons (Fsp3) is 0.316. The second-order valence-electron chi connectivity index (χ2n) is 6.34. The molecule has 0 radical (unpaired) electrons. The van der Waals surface area contributed by atoms with Crippen LogP contribution >= 0.6 is 35.0 Å². The van der Waals surface area contributed by atoms with Crippen LogP contribution in [0.1, 0.15) is 25.0 Å². The fourth-order valence-electron chi connectivity index (χ4n) is 2.45. The zero-order chi connectivity index (χ0) is 17.6. The van der Waals surface area contributed by atoms with Gasteiger partial charge in [-0.25, -0.2) is 0 Å². The van der Waals surface area contributed by atoms with E-state index in [-0.39, 0.29) is 11.4 Å². The van der Waals surface area contributed by atoms with Crippen LogP contribution < -0.4 is 5.32 Å². The highest BCUT2D eigenvalue weighted by Gasteiger charge is 2.20. The van der Waals surface area contributed by atoms with Crippen molar-refractivity contribution in [1.29, 1.82) is 0 Å². The van der Waals surface area contributed by atoms with Crippen molar-refractivity contribution >= 4 is 40.9 Å². The van der Waals surface area contributed by atoms with Crippen LogP contribution in [0, 0.1) is 0 Å². The Morgan fingerprint density at radius 2 is 1.75 bits per heavy atom. The van der Waals surface area contributed by atoms with Gasteiger partial charge in [0, 0.05) is 11.3 Å². The predicted octanol–water partition coefficient (Wildman–Crippen LogP) is 5.36. The molecular formula is C19H21Cl2NOS. The number of hydrogen-bond donors (Lipinski definition) is 1. The third-order valence-corrected chi connectivity index (χ3v) is 5.20. The van der Waals surface area contributed by atoms with E-state index in [0.29, 0.717) is 15.8 Å². The highest BCUT2D eigenvalue weighted by atomic mass is 35.5. The lowest BCUT2D eigenvalue weighted by molar-refractivity contribution is -0.120. The summed E-state index contributed by atoms with van der Waals surface area (Å²) in [7, 11) is 0. The van der Waals surface area contributed by atoms with Crippen LogP contribution in [-0.4, -0.2) is 17.2 Å². The summed E-state index contributed by atoms with van der Waals surface area (Å²) in [6, 6.07) is 15.7. The van der Waals surface area contributed by atoms with E-state index in [0.717, 1.165) is 17.7 Å². The first kappa shape index (κ1) is 19.2. The Balaban J connectivity index is 1.78. The highest BCUT2D eigenvalue weighted by Crippen LogP contribution is 2.24. The molecule has 2 nitrogen and oxygen atoms in total.